The van der Waals surface area contributed by atoms with Gasteiger partial charge in [-0.2, -0.15) is 5.10 Å². The van der Waals surface area contributed by atoms with Crippen molar-refractivity contribution in [1.29, 1.82) is 0 Å². The van der Waals surface area contributed by atoms with E-state index in [1.165, 1.54) is 4.68 Å². The summed E-state index contributed by atoms with van der Waals surface area (Å²) in [6, 6.07) is 1.76. The number of hydrogen-bond acceptors (Lipinski definition) is 3. The Morgan fingerprint density at radius 2 is 2.19 bits per heavy atom. The Morgan fingerprint density at radius 3 is 2.69 bits per heavy atom. The van der Waals surface area contributed by atoms with Gasteiger partial charge >= 0.3 is 0 Å². The molecule has 16 heavy (non-hydrogen) atoms. The Bertz CT molecular complexity index is 452. The second-order valence-corrected chi connectivity index (χ2v) is 4.45. The van der Waals surface area contributed by atoms with Gasteiger partial charge in [0.05, 0.1) is 5.69 Å². The molecule has 5 heteroatoms. The quantitative estimate of drug-likeness (QED) is 0.754. The lowest BCUT2D eigenvalue weighted by atomic mass is 10.1. The highest BCUT2D eigenvalue weighted by Crippen LogP contribution is 2.11. The number of halogens is 1. The number of aryl methyl sites for hydroxylation is 2. The van der Waals surface area contributed by atoms with Gasteiger partial charge in [0.1, 0.15) is 0 Å². The molecule has 0 fully saturated rings. The first-order valence-corrected chi connectivity index (χ1v) is 5.55. The van der Waals surface area contributed by atoms with Crippen LogP contribution >= 0.6 is 11.6 Å². The summed E-state index contributed by atoms with van der Waals surface area (Å²) in [4.78, 5) is 22.4. The summed E-state index contributed by atoms with van der Waals surface area (Å²) in [5, 5.41) is 3.72. The summed E-state index contributed by atoms with van der Waals surface area (Å²) in [6.45, 7) is 4.01. The van der Waals surface area contributed by atoms with Crippen molar-refractivity contribution < 1.29 is 4.79 Å². The molecule has 0 aliphatic carbocycles. The standard InChI is InChI=1S/C11H15ClN2O2/c1-7(2)9-6-8(4-5-10(12)15)11(16)14(3)13-9/h6-7H,4-5H2,1-3H3. The van der Waals surface area contributed by atoms with E-state index < -0.39 is 5.24 Å². The van der Waals surface area contributed by atoms with Crippen molar-refractivity contribution >= 4 is 16.8 Å². The molecule has 0 amide bonds. The smallest absolute Gasteiger partial charge is 0.269 e. The van der Waals surface area contributed by atoms with Gasteiger partial charge in [0, 0.05) is 19.0 Å². The topological polar surface area (TPSA) is 52.0 Å². The maximum Gasteiger partial charge on any atom is 0.269 e. The van der Waals surface area contributed by atoms with Crippen LogP contribution in [0.25, 0.3) is 0 Å². The van der Waals surface area contributed by atoms with E-state index in [1.807, 2.05) is 13.8 Å². The van der Waals surface area contributed by atoms with Gasteiger partial charge in [0.2, 0.25) is 5.24 Å². The Labute approximate surface area is 99.2 Å². The third kappa shape index (κ3) is 3.17. The van der Waals surface area contributed by atoms with Crippen molar-refractivity contribution in [3.63, 3.8) is 0 Å². The molecule has 0 radical (unpaired) electrons. The van der Waals surface area contributed by atoms with Gasteiger partial charge in [-0.1, -0.05) is 13.8 Å². The van der Waals surface area contributed by atoms with E-state index >= 15 is 0 Å². The number of aromatic nitrogens is 2. The van der Waals surface area contributed by atoms with E-state index in [0.29, 0.717) is 12.0 Å². The summed E-state index contributed by atoms with van der Waals surface area (Å²) >= 11 is 5.26. The van der Waals surface area contributed by atoms with E-state index in [1.54, 1.807) is 13.1 Å². The molecule has 0 aliphatic rings. The van der Waals surface area contributed by atoms with Crippen LogP contribution in [-0.2, 0) is 18.3 Å². The SMILES string of the molecule is CC(C)c1cc(CCC(=O)Cl)c(=O)n(C)n1. The van der Waals surface area contributed by atoms with E-state index in [-0.39, 0.29) is 17.9 Å². The first-order chi connectivity index (χ1) is 7.41. The van der Waals surface area contributed by atoms with Crippen molar-refractivity contribution in [3.05, 3.63) is 27.7 Å². The molecular formula is C11H15ClN2O2. The average molecular weight is 243 g/mol. The Balaban J connectivity index is 3.07. The van der Waals surface area contributed by atoms with Gasteiger partial charge in [0.15, 0.2) is 0 Å². The molecular weight excluding hydrogens is 228 g/mol. The molecule has 88 valence electrons. The lowest BCUT2D eigenvalue weighted by Crippen LogP contribution is -2.25. The highest BCUT2D eigenvalue weighted by Gasteiger charge is 2.09. The fraction of sp³-hybridized carbons (Fsp3) is 0.545. The molecule has 0 atom stereocenters. The number of carbonyl (C=O) groups excluding carboxylic acids is 1. The summed E-state index contributed by atoms with van der Waals surface area (Å²) in [5.41, 5.74) is 1.27. The molecule has 0 aliphatic heterocycles. The van der Waals surface area contributed by atoms with Gasteiger partial charge in [-0.25, -0.2) is 4.68 Å². The third-order valence-corrected chi connectivity index (χ3v) is 2.53. The summed E-state index contributed by atoms with van der Waals surface area (Å²) < 4.78 is 1.31. The first-order valence-electron chi connectivity index (χ1n) is 5.17. The van der Waals surface area contributed by atoms with Crippen LogP contribution in [0.2, 0.25) is 0 Å². The highest BCUT2D eigenvalue weighted by atomic mass is 35.5. The van der Waals surface area contributed by atoms with Crippen LogP contribution in [0, 0.1) is 0 Å². The molecule has 0 bridgehead atoms. The largest absolute Gasteiger partial charge is 0.281 e. The Kier molecular flexibility index (Phi) is 4.24. The van der Waals surface area contributed by atoms with Crippen LogP contribution < -0.4 is 5.56 Å². The Hall–Kier alpha value is -1.16. The Morgan fingerprint density at radius 1 is 1.56 bits per heavy atom. The second-order valence-electron chi connectivity index (χ2n) is 4.03. The lowest BCUT2D eigenvalue weighted by Gasteiger charge is -2.08. The van der Waals surface area contributed by atoms with Crippen LogP contribution in [-0.4, -0.2) is 15.0 Å². The predicted molar refractivity (Wildman–Crippen MR) is 62.7 cm³/mol. The molecule has 0 saturated heterocycles. The predicted octanol–water partition coefficient (Wildman–Crippen LogP) is 1.60. The molecule has 4 nitrogen and oxygen atoms in total. The number of nitrogens with zero attached hydrogens (tertiary/aromatic N) is 2. The van der Waals surface area contributed by atoms with Crippen LogP contribution in [0.4, 0.5) is 0 Å². The van der Waals surface area contributed by atoms with Gasteiger partial charge in [0.25, 0.3) is 5.56 Å². The van der Waals surface area contributed by atoms with Gasteiger partial charge in [-0.15, -0.1) is 0 Å². The van der Waals surface area contributed by atoms with E-state index in [9.17, 15) is 9.59 Å². The van der Waals surface area contributed by atoms with E-state index in [2.05, 4.69) is 5.10 Å². The summed E-state index contributed by atoms with van der Waals surface area (Å²) in [7, 11) is 1.61. The normalized spacial score (nSPS) is 10.8. The molecule has 1 aromatic heterocycles. The van der Waals surface area contributed by atoms with E-state index in [4.69, 9.17) is 11.6 Å². The number of carbonyl (C=O) groups is 1. The molecule has 0 aromatic carbocycles. The van der Waals surface area contributed by atoms with Crippen molar-refractivity contribution in [2.45, 2.75) is 32.6 Å². The zero-order chi connectivity index (χ0) is 12.3. The number of rotatable bonds is 4. The van der Waals surface area contributed by atoms with Crippen LogP contribution in [0.3, 0.4) is 0 Å². The minimum absolute atomic E-state index is 0.165. The minimum Gasteiger partial charge on any atom is -0.281 e. The maximum atomic E-state index is 11.7. The molecule has 1 aromatic rings. The molecule has 0 unspecified atom stereocenters. The monoisotopic (exact) mass is 242 g/mol. The van der Waals surface area contributed by atoms with Gasteiger partial charge in [-0.3, -0.25) is 9.59 Å². The van der Waals surface area contributed by atoms with Crippen LogP contribution in [0.5, 0.6) is 0 Å². The van der Waals surface area contributed by atoms with Crippen LogP contribution in [0.1, 0.15) is 37.4 Å². The van der Waals surface area contributed by atoms with Crippen molar-refractivity contribution in [2.24, 2.45) is 7.05 Å². The second kappa shape index (κ2) is 5.25. The first kappa shape index (κ1) is 12.9. The molecule has 1 heterocycles. The fourth-order valence-electron chi connectivity index (χ4n) is 1.39. The van der Waals surface area contributed by atoms with Crippen molar-refractivity contribution in [3.8, 4) is 0 Å². The van der Waals surface area contributed by atoms with Crippen molar-refractivity contribution in [2.75, 3.05) is 0 Å². The third-order valence-electron chi connectivity index (χ3n) is 2.34. The zero-order valence-corrected chi connectivity index (χ0v) is 10.4. The highest BCUT2D eigenvalue weighted by molar-refractivity contribution is 6.63. The zero-order valence-electron chi connectivity index (χ0n) is 9.66. The van der Waals surface area contributed by atoms with E-state index in [0.717, 1.165) is 5.69 Å². The van der Waals surface area contributed by atoms with Crippen LogP contribution in [0.15, 0.2) is 10.9 Å². The van der Waals surface area contributed by atoms with Crippen molar-refractivity contribution in [1.82, 2.24) is 9.78 Å². The molecule has 1 rings (SSSR count). The van der Waals surface area contributed by atoms with Gasteiger partial charge in [-0.05, 0) is 30.0 Å². The lowest BCUT2D eigenvalue weighted by molar-refractivity contribution is -0.111. The average Bonchev–Trinajstić information content (AvgIpc) is 2.19. The maximum absolute atomic E-state index is 11.7. The molecule has 0 N–H and O–H groups in total. The summed E-state index contributed by atoms with van der Waals surface area (Å²) in [5.74, 6) is 0.247. The fourth-order valence-corrected chi connectivity index (χ4v) is 1.48. The minimum atomic E-state index is -0.426. The van der Waals surface area contributed by atoms with Gasteiger partial charge < -0.3 is 0 Å². The molecule has 0 spiro atoms. The molecule has 0 saturated carbocycles. The number of hydrogen-bond donors (Lipinski definition) is 0. The summed E-state index contributed by atoms with van der Waals surface area (Å²) in [6.07, 6.45) is 0.551.